The summed E-state index contributed by atoms with van der Waals surface area (Å²) < 4.78 is 5.61. The van der Waals surface area contributed by atoms with E-state index in [4.69, 9.17) is 4.74 Å². The number of rotatable bonds is 5. The SMILES string of the molecule is CCC(=O)c1ccc(OCC(=O)N2CC[C@]3(CCCNC3)C2)cc1. The van der Waals surface area contributed by atoms with Crippen LogP contribution in [-0.4, -0.2) is 49.4 Å². The number of benzene rings is 1. The summed E-state index contributed by atoms with van der Waals surface area (Å²) in [4.78, 5) is 25.9. The average molecular weight is 330 g/mol. The standard InChI is InChI=1S/C19H26N2O3/c1-2-17(22)15-4-6-16(7-5-15)24-12-18(23)21-11-9-19(14-21)8-3-10-20-13-19/h4-7,20H,2-3,8-14H2,1H3/t19-/m0/s1. The summed E-state index contributed by atoms with van der Waals surface area (Å²) in [5.74, 6) is 0.788. The smallest absolute Gasteiger partial charge is 0.260 e. The Morgan fingerprint density at radius 2 is 2.04 bits per heavy atom. The van der Waals surface area contributed by atoms with E-state index in [0.717, 1.165) is 32.6 Å². The molecule has 0 unspecified atom stereocenters. The molecule has 1 aromatic carbocycles. The van der Waals surface area contributed by atoms with Crippen molar-refractivity contribution in [1.29, 1.82) is 0 Å². The number of hydrogen-bond donors (Lipinski definition) is 1. The normalized spacial score (nSPS) is 23.5. The first-order valence-corrected chi connectivity index (χ1v) is 8.86. The molecule has 0 saturated carbocycles. The van der Waals surface area contributed by atoms with Crippen LogP contribution in [0.1, 0.15) is 43.0 Å². The maximum absolute atomic E-state index is 12.4. The zero-order valence-electron chi connectivity index (χ0n) is 14.3. The van der Waals surface area contributed by atoms with E-state index < -0.39 is 0 Å². The monoisotopic (exact) mass is 330 g/mol. The lowest BCUT2D eigenvalue weighted by Gasteiger charge is -2.33. The van der Waals surface area contributed by atoms with Crippen LogP contribution in [0.25, 0.3) is 0 Å². The van der Waals surface area contributed by atoms with Crippen LogP contribution in [0.4, 0.5) is 0 Å². The van der Waals surface area contributed by atoms with E-state index in [1.807, 2.05) is 11.8 Å². The number of carbonyl (C=O) groups excluding carboxylic acids is 2. The molecular formula is C19H26N2O3. The van der Waals surface area contributed by atoms with Gasteiger partial charge < -0.3 is 15.0 Å². The van der Waals surface area contributed by atoms with E-state index in [2.05, 4.69) is 5.32 Å². The minimum absolute atomic E-state index is 0.0474. The summed E-state index contributed by atoms with van der Waals surface area (Å²) in [7, 11) is 0. The lowest BCUT2D eigenvalue weighted by Crippen LogP contribution is -2.43. The van der Waals surface area contributed by atoms with Gasteiger partial charge in [-0.25, -0.2) is 0 Å². The second-order valence-corrected chi connectivity index (χ2v) is 6.94. The van der Waals surface area contributed by atoms with E-state index in [0.29, 0.717) is 17.7 Å². The molecule has 2 aliphatic heterocycles. The first-order valence-electron chi connectivity index (χ1n) is 8.86. The van der Waals surface area contributed by atoms with E-state index >= 15 is 0 Å². The van der Waals surface area contributed by atoms with Gasteiger partial charge in [0.25, 0.3) is 5.91 Å². The number of nitrogens with one attached hydrogen (secondary N) is 1. The average Bonchev–Trinajstić information content (AvgIpc) is 3.03. The maximum atomic E-state index is 12.4. The molecule has 5 heteroatoms. The summed E-state index contributed by atoms with van der Waals surface area (Å²) in [6.45, 7) is 5.68. The molecule has 1 spiro atoms. The third-order valence-electron chi connectivity index (χ3n) is 5.21. The van der Waals surface area contributed by atoms with Crippen LogP contribution >= 0.6 is 0 Å². The third kappa shape index (κ3) is 3.78. The van der Waals surface area contributed by atoms with Crippen molar-refractivity contribution in [2.75, 3.05) is 32.8 Å². The molecule has 0 aliphatic carbocycles. The molecule has 0 aromatic heterocycles. The maximum Gasteiger partial charge on any atom is 0.260 e. The van der Waals surface area contributed by atoms with Gasteiger partial charge in [0.15, 0.2) is 12.4 Å². The molecule has 3 rings (SSSR count). The summed E-state index contributed by atoms with van der Waals surface area (Å²) in [5.41, 5.74) is 0.957. The molecule has 1 aromatic rings. The molecule has 2 fully saturated rings. The summed E-state index contributed by atoms with van der Waals surface area (Å²) in [6, 6.07) is 7.02. The van der Waals surface area contributed by atoms with Gasteiger partial charge in [-0.05, 0) is 50.1 Å². The van der Waals surface area contributed by atoms with E-state index in [1.54, 1.807) is 24.3 Å². The number of amides is 1. The van der Waals surface area contributed by atoms with Gasteiger partial charge in [-0.3, -0.25) is 9.59 Å². The lowest BCUT2D eigenvalue weighted by molar-refractivity contribution is -0.132. The highest BCUT2D eigenvalue weighted by Crippen LogP contribution is 2.36. The van der Waals surface area contributed by atoms with E-state index in [1.165, 1.54) is 12.8 Å². The number of piperidine rings is 1. The highest BCUT2D eigenvalue weighted by Gasteiger charge is 2.40. The van der Waals surface area contributed by atoms with Crippen LogP contribution in [0, 0.1) is 5.41 Å². The Kier molecular flexibility index (Phi) is 5.19. The van der Waals surface area contributed by atoms with Crippen molar-refractivity contribution < 1.29 is 14.3 Å². The van der Waals surface area contributed by atoms with Crippen LogP contribution in [0.2, 0.25) is 0 Å². The predicted octanol–water partition coefficient (Wildman–Crippen LogP) is 2.26. The van der Waals surface area contributed by atoms with Crippen LogP contribution < -0.4 is 10.1 Å². The molecule has 2 heterocycles. The van der Waals surface area contributed by atoms with Crippen molar-refractivity contribution in [3.63, 3.8) is 0 Å². The van der Waals surface area contributed by atoms with Crippen molar-refractivity contribution in [3.05, 3.63) is 29.8 Å². The largest absolute Gasteiger partial charge is 0.484 e. The molecule has 0 bridgehead atoms. The van der Waals surface area contributed by atoms with Crippen molar-refractivity contribution in [1.82, 2.24) is 10.2 Å². The highest BCUT2D eigenvalue weighted by atomic mass is 16.5. The Morgan fingerprint density at radius 1 is 1.25 bits per heavy atom. The molecule has 5 nitrogen and oxygen atoms in total. The number of likely N-dealkylation sites (tertiary alicyclic amines) is 1. The van der Waals surface area contributed by atoms with Crippen LogP contribution in [0.15, 0.2) is 24.3 Å². The Labute approximate surface area is 143 Å². The summed E-state index contributed by atoms with van der Waals surface area (Å²) in [5, 5.41) is 3.46. The van der Waals surface area contributed by atoms with Gasteiger partial charge in [0.2, 0.25) is 0 Å². The van der Waals surface area contributed by atoms with Crippen LogP contribution in [-0.2, 0) is 4.79 Å². The number of carbonyl (C=O) groups is 2. The fraction of sp³-hybridized carbons (Fsp3) is 0.579. The van der Waals surface area contributed by atoms with E-state index in [-0.39, 0.29) is 23.7 Å². The zero-order valence-corrected chi connectivity index (χ0v) is 14.3. The molecule has 1 amide bonds. The van der Waals surface area contributed by atoms with Crippen LogP contribution in [0.3, 0.4) is 0 Å². The Bertz CT molecular complexity index is 591. The predicted molar refractivity (Wildman–Crippen MR) is 92.3 cm³/mol. The molecular weight excluding hydrogens is 304 g/mol. The molecule has 2 saturated heterocycles. The molecule has 0 radical (unpaired) electrons. The molecule has 130 valence electrons. The number of hydrogen-bond acceptors (Lipinski definition) is 4. The Morgan fingerprint density at radius 3 is 2.71 bits per heavy atom. The zero-order chi connectivity index (χ0) is 17.0. The lowest BCUT2D eigenvalue weighted by atomic mass is 9.80. The van der Waals surface area contributed by atoms with Gasteiger partial charge in [0.05, 0.1) is 0 Å². The fourth-order valence-corrected chi connectivity index (χ4v) is 3.70. The Balaban J connectivity index is 1.50. The molecule has 24 heavy (non-hydrogen) atoms. The van der Waals surface area contributed by atoms with Gasteiger partial charge in [-0.1, -0.05) is 6.92 Å². The van der Waals surface area contributed by atoms with Crippen molar-refractivity contribution in [3.8, 4) is 5.75 Å². The Hall–Kier alpha value is -1.88. The van der Waals surface area contributed by atoms with Crippen molar-refractivity contribution in [2.45, 2.75) is 32.6 Å². The first-order chi connectivity index (χ1) is 11.6. The first kappa shape index (κ1) is 17.0. The van der Waals surface area contributed by atoms with Gasteiger partial charge in [0.1, 0.15) is 5.75 Å². The molecule has 1 N–H and O–H groups in total. The fourth-order valence-electron chi connectivity index (χ4n) is 3.70. The highest BCUT2D eigenvalue weighted by molar-refractivity contribution is 5.95. The molecule has 1 atom stereocenters. The second-order valence-electron chi connectivity index (χ2n) is 6.94. The van der Waals surface area contributed by atoms with Gasteiger partial charge >= 0.3 is 0 Å². The number of ether oxygens (including phenoxy) is 1. The number of nitrogens with zero attached hydrogens (tertiary/aromatic N) is 1. The van der Waals surface area contributed by atoms with Gasteiger partial charge in [-0.2, -0.15) is 0 Å². The second kappa shape index (κ2) is 7.34. The minimum atomic E-state index is 0.0474. The minimum Gasteiger partial charge on any atom is -0.484 e. The summed E-state index contributed by atoms with van der Waals surface area (Å²) in [6.07, 6.45) is 3.97. The summed E-state index contributed by atoms with van der Waals surface area (Å²) >= 11 is 0. The van der Waals surface area contributed by atoms with E-state index in [9.17, 15) is 9.59 Å². The van der Waals surface area contributed by atoms with Gasteiger partial charge in [-0.15, -0.1) is 0 Å². The third-order valence-corrected chi connectivity index (χ3v) is 5.21. The van der Waals surface area contributed by atoms with Crippen LogP contribution in [0.5, 0.6) is 5.75 Å². The molecule has 2 aliphatic rings. The quantitative estimate of drug-likeness (QED) is 0.842. The van der Waals surface area contributed by atoms with Gasteiger partial charge in [0, 0.05) is 37.0 Å². The van der Waals surface area contributed by atoms with Crippen molar-refractivity contribution in [2.24, 2.45) is 5.41 Å². The number of ketones is 1. The van der Waals surface area contributed by atoms with Crippen molar-refractivity contribution >= 4 is 11.7 Å². The topological polar surface area (TPSA) is 58.6 Å². The number of Topliss-reactive ketones (excluding diaryl/α,β-unsaturated/α-hetero) is 1.